The van der Waals surface area contributed by atoms with Gasteiger partial charge in [0.05, 0.1) is 19.9 Å². The van der Waals surface area contributed by atoms with Gasteiger partial charge < -0.3 is 14.5 Å². The second kappa shape index (κ2) is 9.31. The Labute approximate surface area is 177 Å². The average molecular weight is 402 g/mol. The summed E-state index contributed by atoms with van der Waals surface area (Å²) in [7, 11) is 1.67. The molecule has 1 aliphatic rings. The molecule has 4 rings (SSSR count). The number of hydrogen-bond donors (Lipinski definition) is 0. The van der Waals surface area contributed by atoms with Crippen LogP contribution in [-0.2, 0) is 11.3 Å². The van der Waals surface area contributed by atoms with Crippen LogP contribution in [0.3, 0.4) is 0 Å². The highest BCUT2D eigenvalue weighted by molar-refractivity contribution is 5.91. The van der Waals surface area contributed by atoms with Crippen LogP contribution in [0.2, 0.25) is 0 Å². The number of amides is 1. The van der Waals surface area contributed by atoms with Crippen molar-refractivity contribution in [3.63, 3.8) is 0 Å². The standard InChI is InChI=1S/C24H26N4O2/c1-30-23-9-5-8-22(16-23)26-12-14-27(15-13-26)24(29)11-10-21-17-25-28(19-21)18-20-6-3-2-4-7-20/h2-11,16-17,19H,12-15,18H2,1H3/b11-10+. The van der Waals surface area contributed by atoms with E-state index < -0.39 is 0 Å². The van der Waals surface area contributed by atoms with E-state index in [0.29, 0.717) is 13.1 Å². The molecule has 0 saturated carbocycles. The molecular weight excluding hydrogens is 376 g/mol. The van der Waals surface area contributed by atoms with Gasteiger partial charge in [-0.3, -0.25) is 9.48 Å². The van der Waals surface area contributed by atoms with Crippen molar-refractivity contribution in [2.75, 3.05) is 38.2 Å². The van der Waals surface area contributed by atoms with E-state index in [0.717, 1.165) is 36.6 Å². The third-order valence-corrected chi connectivity index (χ3v) is 5.27. The van der Waals surface area contributed by atoms with Gasteiger partial charge in [-0.2, -0.15) is 5.10 Å². The van der Waals surface area contributed by atoms with E-state index in [2.05, 4.69) is 28.2 Å². The van der Waals surface area contributed by atoms with Crippen molar-refractivity contribution in [3.8, 4) is 5.75 Å². The highest BCUT2D eigenvalue weighted by atomic mass is 16.5. The zero-order valence-electron chi connectivity index (χ0n) is 17.1. The molecule has 1 aliphatic heterocycles. The van der Waals surface area contributed by atoms with Gasteiger partial charge in [0.15, 0.2) is 0 Å². The van der Waals surface area contributed by atoms with Crippen LogP contribution in [0.4, 0.5) is 5.69 Å². The molecule has 0 unspecified atom stereocenters. The summed E-state index contributed by atoms with van der Waals surface area (Å²) in [6, 6.07) is 18.2. The maximum atomic E-state index is 12.6. The first-order valence-electron chi connectivity index (χ1n) is 10.1. The van der Waals surface area contributed by atoms with E-state index >= 15 is 0 Å². The van der Waals surface area contributed by atoms with Crippen molar-refractivity contribution in [1.82, 2.24) is 14.7 Å². The van der Waals surface area contributed by atoms with Gasteiger partial charge in [0.1, 0.15) is 5.75 Å². The van der Waals surface area contributed by atoms with Crippen molar-refractivity contribution < 1.29 is 9.53 Å². The van der Waals surface area contributed by atoms with E-state index in [1.54, 1.807) is 19.4 Å². The summed E-state index contributed by atoms with van der Waals surface area (Å²) in [5, 5.41) is 4.38. The number of ether oxygens (including phenoxy) is 1. The van der Waals surface area contributed by atoms with Crippen LogP contribution in [-0.4, -0.2) is 53.9 Å². The van der Waals surface area contributed by atoms with Gasteiger partial charge in [0, 0.05) is 55.8 Å². The molecule has 1 fully saturated rings. The number of benzene rings is 2. The molecule has 0 radical (unpaired) electrons. The lowest BCUT2D eigenvalue weighted by Gasteiger charge is -2.35. The van der Waals surface area contributed by atoms with Crippen LogP contribution in [0.15, 0.2) is 73.1 Å². The van der Waals surface area contributed by atoms with Crippen molar-refractivity contribution in [1.29, 1.82) is 0 Å². The van der Waals surface area contributed by atoms with Crippen LogP contribution in [0.25, 0.3) is 6.08 Å². The minimum Gasteiger partial charge on any atom is -0.497 e. The topological polar surface area (TPSA) is 50.6 Å². The van der Waals surface area contributed by atoms with Crippen LogP contribution < -0.4 is 9.64 Å². The summed E-state index contributed by atoms with van der Waals surface area (Å²) in [6.45, 7) is 3.74. The lowest BCUT2D eigenvalue weighted by atomic mass is 10.2. The second-order valence-electron chi connectivity index (χ2n) is 7.30. The lowest BCUT2D eigenvalue weighted by molar-refractivity contribution is -0.126. The van der Waals surface area contributed by atoms with Gasteiger partial charge in [-0.1, -0.05) is 36.4 Å². The molecule has 30 heavy (non-hydrogen) atoms. The lowest BCUT2D eigenvalue weighted by Crippen LogP contribution is -2.48. The number of carbonyl (C=O) groups is 1. The number of aromatic nitrogens is 2. The van der Waals surface area contributed by atoms with E-state index in [4.69, 9.17) is 4.74 Å². The fraction of sp³-hybridized carbons (Fsp3) is 0.250. The van der Waals surface area contributed by atoms with Crippen molar-refractivity contribution >= 4 is 17.7 Å². The summed E-state index contributed by atoms with van der Waals surface area (Å²) in [5.41, 5.74) is 3.25. The second-order valence-corrected chi connectivity index (χ2v) is 7.30. The van der Waals surface area contributed by atoms with Gasteiger partial charge in [-0.05, 0) is 23.8 Å². The number of nitrogens with zero attached hydrogens (tertiary/aromatic N) is 4. The van der Waals surface area contributed by atoms with E-state index in [1.807, 2.05) is 58.3 Å². The molecule has 6 heteroatoms. The molecule has 1 amide bonds. The third kappa shape index (κ3) is 4.89. The van der Waals surface area contributed by atoms with E-state index in [9.17, 15) is 4.79 Å². The molecule has 154 valence electrons. The Bertz CT molecular complexity index is 1000. The number of anilines is 1. The largest absolute Gasteiger partial charge is 0.497 e. The van der Waals surface area contributed by atoms with E-state index in [1.165, 1.54) is 5.56 Å². The number of hydrogen-bond acceptors (Lipinski definition) is 4. The summed E-state index contributed by atoms with van der Waals surface area (Å²) >= 11 is 0. The SMILES string of the molecule is COc1cccc(N2CCN(C(=O)/C=C/c3cnn(Cc4ccccc4)c3)CC2)c1. The van der Waals surface area contributed by atoms with Crippen LogP contribution in [0.5, 0.6) is 5.75 Å². The first-order chi connectivity index (χ1) is 14.7. The molecule has 2 heterocycles. The zero-order valence-corrected chi connectivity index (χ0v) is 17.1. The first kappa shape index (κ1) is 19.8. The normalized spacial score (nSPS) is 14.3. The predicted octanol–water partition coefficient (Wildman–Crippen LogP) is 3.30. The third-order valence-electron chi connectivity index (χ3n) is 5.27. The molecule has 1 saturated heterocycles. The molecule has 1 aromatic heterocycles. The summed E-state index contributed by atoms with van der Waals surface area (Å²) in [6.07, 6.45) is 7.22. The molecule has 0 N–H and O–H groups in total. The minimum absolute atomic E-state index is 0.0381. The molecule has 0 spiro atoms. The Morgan fingerprint density at radius 3 is 2.63 bits per heavy atom. The van der Waals surface area contributed by atoms with Gasteiger partial charge in [0.2, 0.25) is 5.91 Å². The Hall–Kier alpha value is -3.54. The fourth-order valence-electron chi connectivity index (χ4n) is 3.59. The number of carbonyl (C=O) groups excluding carboxylic acids is 1. The minimum atomic E-state index is 0.0381. The molecule has 6 nitrogen and oxygen atoms in total. The van der Waals surface area contributed by atoms with Crippen molar-refractivity contribution in [3.05, 3.63) is 84.2 Å². The highest BCUT2D eigenvalue weighted by Gasteiger charge is 2.20. The molecule has 0 aliphatic carbocycles. The Kier molecular flexibility index (Phi) is 6.13. The van der Waals surface area contributed by atoms with Crippen molar-refractivity contribution in [2.45, 2.75) is 6.54 Å². The maximum absolute atomic E-state index is 12.6. The molecule has 3 aromatic rings. The predicted molar refractivity (Wildman–Crippen MR) is 119 cm³/mol. The summed E-state index contributed by atoms with van der Waals surface area (Å²) in [4.78, 5) is 16.8. The maximum Gasteiger partial charge on any atom is 0.246 e. The molecule has 2 aromatic carbocycles. The monoisotopic (exact) mass is 402 g/mol. The number of methoxy groups -OCH3 is 1. The summed E-state index contributed by atoms with van der Waals surface area (Å²) < 4.78 is 7.19. The smallest absolute Gasteiger partial charge is 0.246 e. The number of rotatable bonds is 6. The van der Waals surface area contributed by atoms with Gasteiger partial charge in [-0.25, -0.2) is 0 Å². The zero-order chi connectivity index (χ0) is 20.8. The quantitative estimate of drug-likeness (QED) is 0.594. The van der Waals surface area contributed by atoms with Crippen LogP contribution >= 0.6 is 0 Å². The molecule has 0 bridgehead atoms. The molecular formula is C24H26N4O2. The average Bonchev–Trinajstić information content (AvgIpc) is 3.25. The Balaban J connectivity index is 1.30. The molecule has 0 atom stereocenters. The van der Waals surface area contributed by atoms with Crippen LogP contribution in [0.1, 0.15) is 11.1 Å². The van der Waals surface area contributed by atoms with E-state index in [-0.39, 0.29) is 5.91 Å². The number of piperazine rings is 1. The van der Waals surface area contributed by atoms with Gasteiger partial charge in [-0.15, -0.1) is 0 Å². The summed E-state index contributed by atoms with van der Waals surface area (Å²) in [5.74, 6) is 0.887. The van der Waals surface area contributed by atoms with Crippen molar-refractivity contribution in [2.24, 2.45) is 0 Å². The van der Waals surface area contributed by atoms with Gasteiger partial charge >= 0.3 is 0 Å². The Morgan fingerprint density at radius 1 is 1.07 bits per heavy atom. The Morgan fingerprint density at radius 2 is 1.87 bits per heavy atom. The van der Waals surface area contributed by atoms with Crippen LogP contribution in [0, 0.1) is 0 Å². The fourth-order valence-corrected chi connectivity index (χ4v) is 3.59. The first-order valence-corrected chi connectivity index (χ1v) is 10.1. The highest BCUT2D eigenvalue weighted by Crippen LogP contribution is 2.22. The van der Waals surface area contributed by atoms with Gasteiger partial charge in [0.25, 0.3) is 0 Å².